The number of aromatic nitrogens is 3. The first-order valence-corrected chi connectivity index (χ1v) is 12.0. The molecule has 0 aliphatic carbocycles. The van der Waals surface area contributed by atoms with Crippen molar-refractivity contribution in [3.8, 4) is 5.75 Å². The Morgan fingerprint density at radius 3 is 2.43 bits per heavy atom. The van der Waals surface area contributed by atoms with Gasteiger partial charge in [0, 0.05) is 32.1 Å². The number of carboxylic acid groups (broad SMARTS) is 1. The number of nitrogens with zero attached hydrogens (tertiary/aromatic N) is 4. The van der Waals surface area contributed by atoms with Crippen LogP contribution < -0.4 is 9.64 Å². The average molecular weight is 482 g/mol. The maximum Gasteiger partial charge on any atom is 0.407 e. The van der Waals surface area contributed by atoms with Gasteiger partial charge in [-0.1, -0.05) is 38.1 Å². The van der Waals surface area contributed by atoms with Gasteiger partial charge in [-0.3, -0.25) is 5.10 Å². The van der Waals surface area contributed by atoms with Gasteiger partial charge in [0.1, 0.15) is 17.4 Å². The Hall–Kier alpha value is -3.62. The lowest BCUT2D eigenvalue weighted by Crippen LogP contribution is -2.46. The molecule has 35 heavy (non-hydrogen) atoms. The van der Waals surface area contributed by atoms with Crippen molar-refractivity contribution in [2.24, 2.45) is 5.92 Å². The van der Waals surface area contributed by atoms with E-state index < -0.39 is 6.09 Å². The molecule has 1 saturated heterocycles. The molecule has 0 spiro atoms. The van der Waals surface area contributed by atoms with E-state index in [4.69, 9.17) is 9.72 Å². The zero-order valence-electron chi connectivity index (χ0n) is 20.2. The minimum absolute atomic E-state index is 0.0803. The number of hydrogen-bond donors (Lipinski definition) is 2. The lowest BCUT2D eigenvalue weighted by atomic mass is 10.0. The number of halogens is 1. The molecule has 3 aromatic rings. The zero-order valence-corrected chi connectivity index (χ0v) is 20.2. The highest BCUT2D eigenvalue weighted by molar-refractivity contribution is 5.65. The number of anilines is 1. The van der Waals surface area contributed by atoms with Crippen LogP contribution in [0.3, 0.4) is 0 Å². The summed E-state index contributed by atoms with van der Waals surface area (Å²) in [6.45, 7) is 6.34. The van der Waals surface area contributed by atoms with Gasteiger partial charge in [-0.2, -0.15) is 4.98 Å². The summed E-state index contributed by atoms with van der Waals surface area (Å²) in [5.41, 5.74) is 2.03. The van der Waals surface area contributed by atoms with Gasteiger partial charge in [0.25, 0.3) is 0 Å². The molecule has 2 heterocycles. The van der Waals surface area contributed by atoms with Crippen molar-refractivity contribution in [3.05, 3.63) is 71.3 Å². The molecule has 1 aliphatic heterocycles. The number of piperidine rings is 1. The Labute approximate surface area is 204 Å². The fraction of sp³-hybridized carbons (Fsp3) is 0.423. The maximum atomic E-state index is 13.4. The summed E-state index contributed by atoms with van der Waals surface area (Å²) in [6.07, 6.45) is 1.05. The van der Waals surface area contributed by atoms with Gasteiger partial charge in [0.05, 0.1) is 6.61 Å². The normalized spacial score (nSPS) is 14.3. The molecule has 0 saturated carbocycles. The molecule has 4 rings (SSSR count). The Morgan fingerprint density at radius 1 is 1.14 bits per heavy atom. The van der Waals surface area contributed by atoms with Crippen LogP contribution in [0.5, 0.6) is 5.75 Å². The van der Waals surface area contributed by atoms with Crippen molar-refractivity contribution >= 4 is 12.0 Å². The van der Waals surface area contributed by atoms with Crippen LogP contribution in [0.4, 0.5) is 15.1 Å². The minimum Gasteiger partial charge on any atom is -0.493 e. The highest BCUT2D eigenvalue weighted by atomic mass is 19.1. The number of ether oxygens (including phenoxy) is 1. The molecule has 9 heteroatoms. The summed E-state index contributed by atoms with van der Waals surface area (Å²) < 4.78 is 19.2. The van der Waals surface area contributed by atoms with Crippen molar-refractivity contribution < 1.29 is 19.0 Å². The van der Waals surface area contributed by atoms with E-state index in [1.807, 2.05) is 24.3 Å². The Morgan fingerprint density at radius 2 is 1.80 bits per heavy atom. The molecule has 186 valence electrons. The molecule has 0 bridgehead atoms. The number of H-pyrrole nitrogens is 1. The summed E-state index contributed by atoms with van der Waals surface area (Å²) in [4.78, 5) is 19.6. The average Bonchev–Trinajstić information content (AvgIpc) is 3.31. The lowest BCUT2D eigenvalue weighted by molar-refractivity contribution is 0.131. The molecule has 1 amide bonds. The molecule has 2 aromatic carbocycles. The van der Waals surface area contributed by atoms with Crippen LogP contribution in [-0.2, 0) is 13.0 Å². The maximum absolute atomic E-state index is 13.4. The Kier molecular flexibility index (Phi) is 7.84. The van der Waals surface area contributed by atoms with Crippen LogP contribution in [0.25, 0.3) is 0 Å². The number of amides is 1. The van der Waals surface area contributed by atoms with Gasteiger partial charge >= 0.3 is 6.09 Å². The first-order valence-electron chi connectivity index (χ1n) is 12.0. The summed E-state index contributed by atoms with van der Waals surface area (Å²) in [7, 11) is 0. The third-order valence-electron chi connectivity index (χ3n) is 6.10. The highest BCUT2D eigenvalue weighted by Crippen LogP contribution is 2.24. The van der Waals surface area contributed by atoms with E-state index in [-0.39, 0.29) is 11.9 Å². The van der Waals surface area contributed by atoms with Crippen LogP contribution >= 0.6 is 0 Å². The van der Waals surface area contributed by atoms with Crippen LogP contribution in [-0.4, -0.2) is 57.0 Å². The van der Waals surface area contributed by atoms with Crippen molar-refractivity contribution in [1.82, 2.24) is 20.1 Å². The second-order valence-electron chi connectivity index (χ2n) is 9.36. The molecule has 0 unspecified atom stereocenters. The molecule has 0 atom stereocenters. The standard InChI is InChI=1S/C26H32FN5O3/c1-18(2)17-35-23-9-5-19(6-10-23)15-24-28-25(30-29-24)32(16-20-3-7-21(27)8-4-20)22-11-13-31(14-12-22)26(33)34/h3-10,18,22H,11-17H2,1-2H3,(H,33,34)(H,28,29,30). The van der Waals surface area contributed by atoms with Crippen molar-refractivity contribution in [3.63, 3.8) is 0 Å². The Balaban J connectivity index is 1.47. The van der Waals surface area contributed by atoms with Gasteiger partial charge in [0.2, 0.25) is 5.95 Å². The first kappa shape index (κ1) is 24.5. The molecule has 1 aromatic heterocycles. The predicted octanol–water partition coefficient (Wildman–Crippen LogP) is 4.72. The lowest BCUT2D eigenvalue weighted by Gasteiger charge is -2.37. The van der Waals surface area contributed by atoms with E-state index in [1.54, 1.807) is 12.1 Å². The number of carbonyl (C=O) groups is 1. The van der Waals surface area contributed by atoms with Crippen molar-refractivity contribution in [2.75, 3.05) is 24.6 Å². The predicted molar refractivity (Wildman–Crippen MR) is 131 cm³/mol. The molecule has 0 radical (unpaired) electrons. The van der Waals surface area contributed by atoms with Crippen molar-refractivity contribution in [1.29, 1.82) is 0 Å². The second kappa shape index (κ2) is 11.2. The number of aromatic amines is 1. The smallest absolute Gasteiger partial charge is 0.407 e. The summed E-state index contributed by atoms with van der Waals surface area (Å²) in [5, 5.41) is 16.8. The van der Waals surface area contributed by atoms with E-state index in [1.165, 1.54) is 17.0 Å². The largest absolute Gasteiger partial charge is 0.493 e. The van der Waals surface area contributed by atoms with E-state index in [0.717, 1.165) is 22.7 Å². The number of likely N-dealkylation sites (tertiary alicyclic amines) is 1. The molecule has 8 nitrogen and oxygen atoms in total. The van der Waals surface area contributed by atoms with Gasteiger partial charge in [-0.15, -0.1) is 5.10 Å². The minimum atomic E-state index is -0.894. The highest BCUT2D eigenvalue weighted by Gasteiger charge is 2.29. The van der Waals surface area contributed by atoms with Crippen LogP contribution in [0.1, 0.15) is 43.6 Å². The summed E-state index contributed by atoms with van der Waals surface area (Å²) in [6, 6.07) is 14.5. The number of hydrogen-bond acceptors (Lipinski definition) is 5. The van der Waals surface area contributed by atoms with E-state index in [2.05, 4.69) is 28.9 Å². The monoisotopic (exact) mass is 481 g/mol. The van der Waals surface area contributed by atoms with Gasteiger partial charge in [-0.25, -0.2) is 9.18 Å². The molecular formula is C26H32FN5O3. The number of rotatable bonds is 9. The van der Waals surface area contributed by atoms with Crippen LogP contribution in [0.15, 0.2) is 48.5 Å². The summed E-state index contributed by atoms with van der Waals surface area (Å²) >= 11 is 0. The Bertz CT molecular complexity index is 1090. The van der Waals surface area contributed by atoms with Crippen LogP contribution in [0.2, 0.25) is 0 Å². The molecule has 2 N–H and O–H groups in total. The SMILES string of the molecule is CC(C)COc1ccc(Cc2nc(N(Cc3ccc(F)cc3)C3CCN(C(=O)O)CC3)n[nH]2)cc1. The fourth-order valence-corrected chi connectivity index (χ4v) is 4.17. The van der Waals surface area contributed by atoms with Gasteiger partial charge < -0.3 is 19.6 Å². The third-order valence-corrected chi connectivity index (χ3v) is 6.10. The molecule has 1 fully saturated rings. The topological polar surface area (TPSA) is 94.6 Å². The zero-order chi connectivity index (χ0) is 24.8. The van der Waals surface area contributed by atoms with E-state index in [0.29, 0.717) is 57.4 Å². The van der Waals surface area contributed by atoms with E-state index in [9.17, 15) is 14.3 Å². The third kappa shape index (κ3) is 6.71. The molecule has 1 aliphatic rings. The van der Waals surface area contributed by atoms with Crippen molar-refractivity contribution in [2.45, 2.75) is 45.7 Å². The number of nitrogens with one attached hydrogen (secondary N) is 1. The van der Waals surface area contributed by atoms with E-state index >= 15 is 0 Å². The quantitative estimate of drug-likeness (QED) is 0.459. The number of benzene rings is 2. The summed E-state index contributed by atoms with van der Waals surface area (Å²) in [5.74, 6) is 2.34. The van der Waals surface area contributed by atoms with Gasteiger partial charge in [-0.05, 0) is 54.2 Å². The van der Waals surface area contributed by atoms with Crippen LogP contribution in [0, 0.1) is 11.7 Å². The van der Waals surface area contributed by atoms with Gasteiger partial charge in [0.15, 0.2) is 0 Å². The molecular weight excluding hydrogens is 449 g/mol. The first-order chi connectivity index (χ1) is 16.9. The fourth-order valence-electron chi connectivity index (χ4n) is 4.17. The second-order valence-corrected chi connectivity index (χ2v) is 9.36.